The van der Waals surface area contributed by atoms with Crippen molar-refractivity contribution in [2.45, 2.75) is 25.0 Å². The Labute approximate surface area is 164 Å². The van der Waals surface area contributed by atoms with Gasteiger partial charge >= 0.3 is 0 Å². The zero-order valence-corrected chi connectivity index (χ0v) is 16.2. The highest BCUT2D eigenvalue weighted by Gasteiger charge is 2.17. The van der Waals surface area contributed by atoms with Crippen molar-refractivity contribution >= 4 is 46.6 Å². The molecule has 0 aliphatic rings. The number of carbonyl (C=O) groups excluding carboxylic acids is 1. The molecule has 0 radical (unpaired) electrons. The highest BCUT2D eigenvalue weighted by molar-refractivity contribution is 7.99. The first-order valence-electron chi connectivity index (χ1n) is 7.94. The van der Waals surface area contributed by atoms with Crippen LogP contribution in [0.25, 0.3) is 11.6 Å². The molecule has 0 aliphatic carbocycles. The maximum absolute atomic E-state index is 12.3. The molecule has 0 saturated carbocycles. The van der Waals surface area contributed by atoms with Crippen LogP contribution in [0.15, 0.2) is 46.2 Å². The number of rotatable bonds is 7. The molecule has 0 aliphatic heterocycles. The van der Waals surface area contributed by atoms with Gasteiger partial charge < -0.3 is 9.73 Å². The molecule has 1 N–H and O–H groups in total. The van der Waals surface area contributed by atoms with Gasteiger partial charge in [0.25, 0.3) is 0 Å². The van der Waals surface area contributed by atoms with Crippen LogP contribution in [-0.4, -0.2) is 26.4 Å². The average molecular weight is 411 g/mol. The van der Waals surface area contributed by atoms with Gasteiger partial charge in [0.1, 0.15) is 0 Å². The average Bonchev–Trinajstić information content (AvgIpc) is 3.26. The molecule has 9 heteroatoms. The number of hydrogen-bond donors (Lipinski definition) is 1. The third-order valence-corrected chi connectivity index (χ3v) is 5.06. The van der Waals surface area contributed by atoms with Gasteiger partial charge in [0, 0.05) is 6.54 Å². The van der Waals surface area contributed by atoms with E-state index in [9.17, 15) is 4.79 Å². The van der Waals surface area contributed by atoms with Crippen LogP contribution in [0.3, 0.4) is 0 Å². The number of anilines is 1. The molecule has 26 heavy (non-hydrogen) atoms. The van der Waals surface area contributed by atoms with E-state index in [-0.39, 0.29) is 11.7 Å². The maximum atomic E-state index is 12.3. The van der Waals surface area contributed by atoms with E-state index >= 15 is 0 Å². The van der Waals surface area contributed by atoms with Crippen LogP contribution in [0.2, 0.25) is 10.0 Å². The summed E-state index contributed by atoms with van der Waals surface area (Å²) in [6.07, 6.45) is 2.49. The van der Waals surface area contributed by atoms with Crippen LogP contribution in [0.5, 0.6) is 0 Å². The molecule has 0 saturated heterocycles. The Balaban J connectivity index is 1.70. The molecule has 2 aromatic heterocycles. The number of carbonyl (C=O) groups is 1. The molecule has 0 fully saturated rings. The Hall–Kier alpha value is -1.96. The maximum Gasteiger partial charge on any atom is 0.234 e. The van der Waals surface area contributed by atoms with Crippen molar-refractivity contribution in [2.24, 2.45) is 0 Å². The Morgan fingerprint density at radius 2 is 2.00 bits per heavy atom. The monoisotopic (exact) mass is 410 g/mol. The van der Waals surface area contributed by atoms with Crippen molar-refractivity contribution in [1.29, 1.82) is 0 Å². The molecule has 1 amide bonds. The fourth-order valence-corrected chi connectivity index (χ4v) is 3.59. The predicted octanol–water partition coefficient (Wildman–Crippen LogP) is 4.99. The smallest absolute Gasteiger partial charge is 0.234 e. The largest absolute Gasteiger partial charge is 0.461 e. The first-order chi connectivity index (χ1) is 12.6. The molecule has 3 aromatic rings. The molecule has 3 rings (SSSR count). The normalized spacial score (nSPS) is 10.9. The second-order valence-corrected chi connectivity index (χ2v) is 7.13. The van der Waals surface area contributed by atoms with E-state index in [0.29, 0.717) is 32.5 Å². The minimum Gasteiger partial charge on any atom is -0.461 e. The van der Waals surface area contributed by atoms with E-state index in [0.717, 1.165) is 13.0 Å². The number of amides is 1. The molecule has 0 spiro atoms. The lowest BCUT2D eigenvalue weighted by molar-refractivity contribution is -0.113. The predicted molar refractivity (Wildman–Crippen MR) is 104 cm³/mol. The summed E-state index contributed by atoms with van der Waals surface area (Å²) >= 11 is 13.4. The molecule has 2 heterocycles. The van der Waals surface area contributed by atoms with E-state index in [1.54, 1.807) is 30.5 Å². The van der Waals surface area contributed by atoms with Gasteiger partial charge in [0.15, 0.2) is 16.7 Å². The Kier molecular flexibility index (Phi) is 6.24. The number of thioether (sulfide) groups is 1. The van der Waals surface area contributed by atoms with Crippen LogP contribution in [0.1, 0.15) is 13.3 Å². The highest BCUT2D eigenvalue weighted by Crippen LogP contribution is 2.30. The molecular weight excluding hydrogens is 395 g/mol. The summed E-state index contributed by atoms with van der Waals surface area (Å²) in [5, 5.41) is 12.6. The molecule has 136 valence electrons. The minimum absolute atomic E-state index is 0.154. The SMILES string of the molecule is CCCn1c(SCC(=O)Nc2c(Cl)cccc2Cl)nnc1-c1ccco1. The number of benzene rings is 1. The number of furan rings is 1. The van der Waals surface area contributed by atoms with Crippen molar-refractivity contribution in [1.82, 2.24) is 14.8 Å². The summed E-state index contributed by atoms with van der Waals surface area (Å²) in [7, 11) is 0. The summed E-state index contributed by atoms with van der Waals surface area (Å²) in [6.45, 7) is 2.79. The number of para-hydroxylation sites is 1. The lowest BCUT2D eigenvalue weighted by atomic mass is 10.3. The molecule has 0 bridgehead atoms. The van der Waals surface area contributed by atoms with Crippen LogP contribution in [0, 0.1) is 0 Å². The zero-order chi connectivity index (χ0) is 18.5. The van der Waals surface area contributed by atoms with Gasteiger partial charge in [0.2, 0.25) is 5.91 Å². The van der Waals surface area contributed by atoms with Gasteiger partial charge in [-0.2, -0.15) is 0 Å². The van der Waals surface area contributed by atoms with Gasteiger partial charge in [-0.05, 0) is 30.7 Å². The third kappa shape index (κ3) is 4.23. The highest BCUT2D eigenvalue weighted by atomic mass is 35.5. The van der Waals surface area contributed by atoms with Gasteiger partial charge in [-0.25, -0.2) is 0 Å². The van der Waals surface area contributed by atoms with Crippen LogP contribution in [0.4, 0.5) is 5.69 Å². The lowest BCUT2D eigenvalue weighted by Gasteiger charge is -2.10. The number of aromatic nitrogens is 3. The Morgan fingerprint density at radius 1 is 1.23 bits per heavy atom. The fraction of sp³-hybridized carbons (Fsp3) is 0.235. The standard InChI is InChI=1S/C17H16Cl2N4O2S/c1-2-8-23-16(13-7-4-9-25-13)21-22-17(23)26-10-14(24)20-15-11(18)5-3-6-12(15)19/h3-7,9H,2,8,10H2,1H3,(H,20,24). The summed E-state index contributed by atoms with van der Waals surface area (Å²) in [5.41, 5.74) is 0.410. The summed E-state index contributed by atoms with van der Waals surface area (Å²) < 4.78 is 7.35. The van der Waals surface area contributed by atoms with Crippen molar-refractivity contribution in [2.75, 3.05) is 11.1 Å². The van der Waals surface area contributed by atoms with Gasteiger partial charge in [-0.1, -0.05) is 48.0 Å². The van der Waals surface area contributed by atoms with E-state index in [1.807, 2.05) is 10.6 Å². The van der Waals surface area contributed by atoms with Crippen LogP contribution < -0.4 is 5.32 Å². The van der Waals surface area contributed by atoms with E-state index in [4.69, 9.17) is 27.6 Å². The first-order valence-corrected chi connectivity index (χ1v) is 9.68. The molecule has 0 unspecified atom stereocenters. The summed E-state index contributed by atoms with van der Waals surface area (Å²) in [5.74, 6) is 1.22. The van der Waals surface area contributed by atoms with Crippen LogP contribution >= 0.6 is 35.0 Å². The first kappa shape index (κ1) is 18.8. The van der Waals surface area contributed by atoms with E-state index in [1.165, 1.54) is 11.8 Å². The Bertz CT molecular complexity index is 876. The topological polar surface area (TPSA) is 73.0 Å². The number of hydrogen-bond acceptors (Lipinski definition) is 5. The number of nitrogens with one attached hydrogen (secondary N) is 1. The van der Waals surface area contributed by atoms with Crippen molar-refractivity contribution < 1.29 is 9.21 Å². The number of halogens is 2. The lowest BCUT2D eigenvalue weighted by Crippen LogP contribution is -2.15. The minimum atomic E-state index is -0.226. The number of nitrogens with zero attached hydrogens (tertiary/aromatic N) is 3. The quantitative estimate of drug-likeness (QED) is 0.555. The summed E-state index contributed by atoms with van der Waals surface area (Å²) in [6, 6.07) is 8.69. The second-order valence-electron chi connectivity index (χ2n) is 5.37. The van der Waals surface area contributed by atoms with Gasteiger partial charge in [0.05, 0.1) is 27.7 Å². The molecule has 6 nitrogen and oxygen atoms in total. The van der Waals surface area contributed by atoms with Crippen LogP contribution in [-0.2, 0) is 11.3 Å². The second kappa shape index (κ2) is 8.62. The molecule has 0 atom stereocenters. The van der Waals surface area contributed by atoms with Gasteiger partial charge in [-0.15, -0.1) is 10.2 Å². The fourth-order valence-electron chi connectivity index (χ4n) is 2.33. The zero-order valence-electron chi connectivity index (χ0n) is 13.9. The van der Waals surface area contributed by atoms with E-state index in [2.05, 4.69) is 22.4 Å². The van der Waals surface area contributed by atoms with Crippen molar-refractivity contribution in [3.63, 3.8) is 0 Å². The molecular formula is C17H16Cl2N4O2S. The van der Waals surface area contributed by atoms with Gasteiger partial charge in [-0.3, -0.25) is 9.36 Å². The van der Waals surface area contributed by atoms with Crippen molar-refractivity contribution in [3.05, 3.63) is 46.6 Å². The molecule has 1 aromatic carbocycles. The summed E-state index contributed by atoms with van der Waals surface area (Å²) in [4.78, 5) is 12.3. The van der Waals surface area contributed by atoms with Crippen molar-refractivity contribution in [3.8, 4) is 11.6 Å². The van der Waals surface area contributed by atoms with E-state index < -0.39 is 0 Å². The third-order valence-electron chi connectivity index (χ3n) is 3.47. The Morgan fingerprint density at radius 3 is 2.65 bits per heavy atom.